The highest BCUT2D eigenvalue weighted by atomic mass is 32.1. The SMILES string of the molecule is Cc1cc([C@H]2[C@H](c3ccccn3)NC(=S)N2C(C)C)c(C)n1-c1ccc(F)cc1. The lowest BCUT2D eigenvalue weighted by Crippen LogP contribution is -2.35. The Kier molecular flexibility index (Phi) is 5.13. The molecule has 6 heteroatoms. The zero-order valence-electron chi connectivity index (χ0n) is 17.1. The van der Waals surface area contributed by atoms with E-state index >= 15 is 0 Å². The van der Waals surface area contributed by atoms with Crippen LogP contribution in [0.15, 0.2) is 54.7 Å². The van der Waals surface area contributed by atoms with E-state index < -0.39 is 0 Å². The van der Waals surface area contributed by atoms with Crippen LogP contribution >= 0.6 is 12.2 Å². The Bertz CT molecular complexity index is 1030. The van der Waals surface area contributed by atoms with Gasteiger partial charge in [-0.3, -0.25) is 4.98 Å². The third kappa shape index (κ3) is 3.42. The Morgan fingerprint density at radius 2 is 1.83 bits per heavy atom. The van der Waals surface area contributed by atoms with Crippen LogP contribution in [0.25, 0.3) is 5.69 Å². The van der Waals surface area contributed by atoms with Crippen molar-refractivity contribution in [2.75, 3.05) is 0 Å². The van der Waals surface area contributed by atoms with Crippen molar-refractivity contribution < 1.29 is 4.39 Å². The summed E-state index contributed by atoms with van der Waals surface area (Å²) in [6.45, 7) is 8.50. The summed E-state index contributed by atoms with van der Waals surface area (Å²) in [6, 6.07) is 15.0. The second-order valence-corrected chi connectivity index (χ2v) is 8.15. The van der Waals surface area contributed by atoms with Gasteiger partial charge in [0.05, 0.1) is 17.8 Å². The van der Waals surface area contributed by atoms with Gasteiger partial charge in [-0.25, -0.2) is 4.39 Å². The number of aryl methyl sites for hydroxylation is 1. The average Bonchev–Trinajstić information content (AvgIpc) is 3.19. The monoisotopic (exact) mass is 408 g/mol. The molecule has 2 atom stereocenters. The number of hydrogen-bond donors (Lipinski definition) is 1. The van der Waals surface area contributed by atoms with Crippen molar-refractivity contribution in [1.82, 2.24) is 19.8 Å². The summed E-state index contributed by atoms with van der Waals surface area (Å²) in [7, 11) is 0. The van der Waals surface area contributed by atoms with Crippen LogP contribution in [0.4, 0.5) is 4.39 Å². The van der Waals surface area contributed by atoms with Gasteiger partial charge in [-0.05, 0) is 87.9 Å². The molecule has 0 spiro atoms. The molecule has 4 rings (SSSR count). The highest BCUT2D eigenvalue weighted by Gasteiger charge is 2.42. The fraction of sp³-hybridized carbons (Fsp3) is 0.304. The fourth-order valence-corrected chi connectivity index (χ4v) is 4.78. The van der Waals surface area contributed by atoms with E-state index in [9.17, 15) is 4.39 Å². The molecule has 1 aromatic carbocycles. The zero-order chi connectivity index (χ0) is 20.7. The summed E-state index contributed by atoms with van der Waals surface area (Å²) in [5.74, 6) is -0.233. The van der Waals surface area contributed by atoms with Gasteiger partial charge in [-0.2, -0.15) is 0 Å². The van der Waals surface area contributed by atoms with Crippen LogP contribution in [0, 0.1) is 19.7 Å². The predicted molar refractivity (Wildman–Crippen MR) is 118 cm³/mol. The largest absolute Gasteiger partial charge is 0.352 e. The second kappa shape index (κ2) is 7.59. The van der Waals surface area contributed by atoms with Crippen LogP contribution in [-0.2, 0) is 0 Å². The number of benzene rings is 1. The maximum absolute atomic E-state index is 13.4. The minimum atomic E-state index is -0.233. The van der Waals surface area contributed by atoms with E-state index in [4.69, 9.17) is 12.2 Å². The van der Waals surface area contributed by atoms with Crippen molar-refractivity contribution in [2.45, 2.75) is 45.8 Å². The molecule has 0 saturated carbocycles. The van der Waals surface area contributed by atoms with Crippen molar-refractivity contribution in [1.29, 1.82) is 0 Å². The normalized spacial score (nSPS) is 19.1. The molecule has 3 heterocycles. The quantitative estimate of drug-likeness (QED) is 0.615. The lowest BCUT2D eigenvalue weighted by atomic mass is 9.96. The summed E-state index contributed by atoms with van der Waals surface area (Å²) >= 11 is 5.70. The first-order valence-electron chi connectivity index (χ1n) is 9.83. The van der Waals surface area contributed by atoms with Crippen LogP contribution in [0.5, 0.6) is 0 Å². The first-order valence-corrected chi connectivity index (χ1v) is 10.2. The van der Waals surface area contributed by atoms with Gasteiger partial charge in [0.15, 0.2) is 5.11 Å². The molecular formula is C23H25FN4S. The Hall–Kier alpha value is -2.73. The van der Waals surface area contributed by atoms with Gasteiger partial charge in [-0.1, -0.05) is 6.07 Å². The lowest BCUT2D eigenvalue weighted by Gasteiger charge is -2.31. The Labute approximate surface area is 176 Å². The van der Waals surface area contributed by atoms with Crippen molar-refractivity contribution in [3.63, 3.8) is 0 Å². The van der Waals surface area contributed by atoms with Crippen LogP contribution in [0.3, 0.4) is 0 Å². The third-order valence-corrected chi connectivity index (χ3v) is 5.89. The lowest BCUT2D eigenvalue weighted by molar-refractivity contribution is 0.269. The molecule has 1 saturated heterocycles. The molecule has 1 fully saturated rings. The highest BCUT2D eigenvalue weighted by molar-refractivity contribution is 7.80. The van der Waals surface area contributed by atoms with E-state index in [2.05, 4.69) is 53.5 Å². The Morgan fingerprint density at radius 3 is 2.45 bits per heavy atom. The van der Waals surface area contributed by atoms with E-state index in [1.165, 1.54) is 17.7 Å². The van der Waals surface area contributed by atoms with E-state index in [0.717, 1.165) is 27.9 Å². The number of halogens is 1. The molecule has 0 aliphatic carbocycles. The van der Waals surface area contributed by atoms with Gasteiger partial charge in [0, 0.05) is 29.3 Å². The zero-order valence-corrected chi connectivity index (χ0v) is 17.9. The van der Waals surface area contributed by atoms with Crippen LogP contribution in [0.1, 0.15) is 48.6 Å². The van der Waals surface area contributed by atoms with E-state index in [-0.39, 0.29) is 23.9 Å². The van der Waals surface area contributed by atoms with Gasteiger partial charge >= 0.3 is 0 Å². The highest BCUT2D eigenvalue weighted by Crippen LogP contribution is 2.42. The summed E-state index contributed by atoms with van der Waals surface area (Å²) in [6.07, 6.45) is 1.82. The van der Waals surface area contributed by atoms with Gasteiger partial charge in [0.1, 0.15) is 5.82 Å². The van der Waals surface area contributed by atoms with Gasteiger partial charge in [-0.15, -0.1) is 0 Å². The standard InChI is InChI=1S/C23H25FN4S/c1-14(2)27-22(21(26-23(27)29)20-7-5-6-12-25-20)19-13-15(3)28(16(19)4)18-10-8-17(24)9-11-18/h5-14,21-22H,1-4H3,(H,26,29)/t21-,22-/m0/s1. The maximum Gasteiger partial charge on any atom is 0.170 e. The number of pyridine rings is 1. The Morgan fingerprint density at radius 1 is 1.10 bits per heavy atom. The molecule has 0 amide bonds. The van der Waals surface area contributed by atoms with Crippen molar-refractivity contribution >= 4 is 17.3 Å². The molecule has 150 valence electrons. The van der Waals surface area contributed by atoms with Crippen molar-refractivity contribution in [3.8, 4) is 5.69 Å². The molecule has 1 N–H and O–H groups in total. The summed E-state index contributed by atoms with van der Waals surface area (Å²) in [5.41, 5.74) is 5.34. The number of thiocarbonyl (C=S) groups is 1. The van der Waals surface area contributed by atoms with Gasteiger partial charge in [0.25, 0.3) is 0 Å². The van der Waals surface area contributed by atoms with Crippen LogP contribution in [-0.4, -0.2) is 25.6 Å². The number of aromatic nitrogens is 2. The van der Waals surface area contributed by atoms with E-state index in [1.807, 2.05) is 36.5 Å². The van der Waals surface area contributed by atoms with Crippen LogP contribution < -0.4 is 5.32 Å². The molecule has 3 aromatic rings. The second-order valence-electron chi connectivity index (χ2n) is 7.77. The minimum absolute atomic E-state index is 0.0257. The number of nitrogens with one attached hydrogen (secondary N) is 1. The van der Waals surface area contributed by atoms with E-state index in [0.29, 0.717) is 0 Å². The molecule has 0 bridgehead atoms. The first-order chi connectivity index (χ1) is 13.9. The minimum Gasteiger partial charge on any atom is -0.352 e. The molecule has 1 aliphatic rings. The van der Waals surface area contributed by atoms with Crippen molar-refractivity contribution in [3.05, 3.63) is 83.2 Å². The number of rotatable bonds is 4. The summed E-state index contributed by atoms with van der Waals surface area (Å²) in [4.78, 5) is 6.85. The molecule has 0 radical (unpaired) electrons. The molecule has 2 aromatic heterocycles. The summed E-state index contributed by atoms with van der Waals surface area (Å²) < 4.78 is 15.6. The maximum atomic E-state index is 13.4. The Balaban J connectivity index is 1.85. The van der Waals surface area contributed by atoms with E-state index in [1.54, 1.807) is 0 Å². The van der Waals surface area contributed by atoms with Gasteiger partial charge in [0.2, 0.25) is 0 Å². The smallest absolute Gasteiger partial charge is 0.170 e. The third-order valence-electron chi connectivity index (χ3n) is 5.57. The average molecular weight is 409 g/mol. The van der Waals surface area contributed by atoms with Gasteiger partial charge < -0.3 is 14.8 Å². The number of hydrogen-bond acceptors (Lipinski definition) is 2. The molecule has 29 heavy (non-hydrogen) atoms. The van der Waals surface area contributed by atoms with Crippen LogP contribution in [0.2, 0.25) is 0 Å². The van der Waals surface area contributed by atoms with Crippen molar-refractivity contribution in [2.24, 2.45) is 0 Å². The molecule has 1 aliphatic heterocycles. The summed E-state index contributed by atoms with van der Waals surface area (Å²) in [5, 5.41) is 4.23. The predicted octanol–water partition coefficient (Wildman–Crippen LogP) is 5.01. The number of nitrogens with zero attached hydrogens (tertiary/aromatic N) is 3. The molecular weight excluding hydrogens is 383 g/mol. The first kappa shape index (κ1) is 19.6. The fourth-order valence-electron chi connectivity index (χ4n) is 4.33. The molecule has 4 nitrogen and oxygen atoms in total. The topological polar surface area (TPSA) is 33.1 Å². The molecule has 0 unspecified atom stereocenters.